The molecule has 0 N–H and O–H groups in total. The minimum atomic E-state index is 0.0369. The predicted octanol–water partition coefficient (Wildman–Crippen LogP) is 11.1. The van der Waals surface area contributed by atoms with Gasteiger partial charge in [-0.15, -0.1) is 11.3 Å². The molecule has 5 heteroatoms. The van der Waals surface area contributed by atoms with Crippen molar-refractivity contribution in [2.24, 2.45) is 0 Å². The first-order valence-corrected chi connectivity index (χ1v) is 19.6. The number of aryl methyl sites for hydroxylation is 1. The Labute approximate surface area is 310 Å². The highest BCUT2D eigenvalue weighted by Gasteiger charge is 2.46. The molecule has 0 unspecified atom stereocenters. The number of hydrogen-bond donors (Lipinski definition) is 0. The third-order valence-corrected chi connectivity index (χ3v) is 14.1. The van der Waals surface area contributed by atoms with Crippen molar-refractivity contribution >= 4 is 88.2 Å². The summed E-state index contributed by atoms with van der Waals surface area (Å²) in [6, 6.07) is 39.8. The number of benzene rings is 6. The Morgan fingerprint density at radius 1 is 0.712 bits per heavy atom. The SMILES string of the molecule is Cc1cc2c3c4c1c1cc5ccccc5cc1n4-c1c(sc4cc5c(cc14)C(C)(C)CCC5(C)C)B3N(c1ccc(N(C)C)cc1)c1ccccc1-2. The fraction of sp³-hybridized carbons (Fsp3) is 0.234. The van der Waals surface area contributed by atoms with E-state index in [1.165, 1.54) is 116 Å². The van der Waals surface area contributed by atoms with Gasteiger partial charge in [-0.2, -0.15) is 0 Å². The molecule has 6 aromatic carbocycles. The van der Waals surface area contributed by atoms with Crippen molar-refractivity contribution < 1.29 is 0 Å². The molecule has 11 rings (SSSR count). The van der Waals surface area contributed by atoms with E-state index < -0.39 is 0 Å². The van der Waals surface area contributed by atoms with Crippen LogP contribution in [0.2, 0.25) is 0 Å². The fourth-order valence-electron chi connectivity index (χ4n) is 10.1. The first kappa shape index (κ1) is 30.6. The molecule has 52 heavy (non-hydrogen) atoms. The lowest BCUT2D eigenvalue weighted by molar-refractivity contribution is 0.332. The van der Waals surface area contributed by atoms with Gasteiger partial charge in [-0.05, 0) is 124 Å². The monoisotopic (exact) mass is 691 g/mol. The van der Waals surface area contributed by atoms with Gasteiger partial charge >= 0.3 is 6.85 Å². The summed E-state index contributed by atoms with van der Waals surface area (Å²) in [7, 11) is 4.24. The van der Waals surface area contributed by atoms with Crippen LogP contribution in [0.1, 0.15) is 57.2 Å². The Morgan fingerprint density at radius 2 is 1.38 bits per heavy atom. The lowest BCUT2D eigenvalue weighted by Crippen LogP contribution is -2.59. The lowest BCUT2D eigenvalue weighted by Gasteiger charge is -2.42. The number of thiophene rings is 1. The second kappa shape index (κ2) is 10.1. The minimum absolute atomic E-state index is 0.0369. The highest BCUT2D eigenvalue weighted by atomic mass is 32.1. The predicted molar refractivity (Wildman–Crippen MR) is 227 cm³/mol. The topological polar surface area (TPSA) is 11.4 Å². The molecule has 254 valence electrons. The van der Waals surface area contributed by atoms with Gasteiger partial charge in [-0.25, -0.2) is 0 Å². The standard InChI is InChI=1S/C47H42BN3S/c1-27-22-33-32-14-10-11-15-38(32)51(31-18-16-30(17-19-31)49(6)7)48-42(33)44-41(27)34-23-28-12-8-9-13-29(28)24-39(34)50(44)43-35-25-36-37(26-40(35)52-45(43)48)47(4,5)21-20-46(36,2)3/h8-19,22-26H,20-21H2,1-7H3. The van der Waals surface area contributed by atoms with Crippen molar-refractivity contribution in [3.05, 3.63) is 120 Å². The Morgan fingerprint density at radius 3 is 2.12 bits per heavy atom. The molecule has 0 fully saturated rings. The molecule has 0 spiro atoms. The Bertz CT molecular complexity index is 2850. The van der Waals surface area contributed by atoms with Gasteiger partial charge in [0.25, 0.3) is 0 Å². The summed E-state index contributed by atoms with van der Waals surface area (Å²) in [4.78, 5) is 4.85. The maximum atomic E-state index is 2.70. The molecular formula is C47H42BN3S. The van der Waals surface area contributed by atoms with Crippen LogP contribution in [0.4, 0.5) is 17.1 Å². The summed E-state index contributed by atoms with van der Waals surface area (Å²) in [5.74, 6) is 0. The van der Waals surface area contributed by atoms with Crippen molar-refractivity contribution in [1.82, 2.24) is 4.57 Å². The summed E-state index contributed by atoms with van der Waals surface area (Å²) in [6.07, 6.45) is 2.42. The first-order valence-electron chi connectivity index (χ1n) is 18.8. The van der Waals surface area contributed by atoms with Gasteiger partial charge in [0.15, 0.2) is 0 Å². The van der Waals surface area contributed by atoms with Crippen LogP contribution in [0.5, 0.6) is 0 Å². The van der Waals surface area contributed by atoms with E-state index in [1.807, 2.05) is 11.3 Å². The van der Waals surface area contributed by atoms with Gasteiger partial charge in [0.1, 0.15) is 0 Å². The third-order valence-electron chi connectivity index (χ3n) is 12.9. The summed E-state index contributed by atoms with van der Waals surface area (Å²) in [6.45, 7) is 12.2. The van der Waals surface area contributed by atoms with Crippen LogP contribution in [0.15, 0.2) is 103 Å². The molecule has 2 aromatic heterocycles. The van der Waals surface area contributed by atoms with E-state index in [1.54, 1.807) is 0 Å². The van der Waals surface area contributed by atoms with E-state index >= 15 is 0 Å². The van der Waals surface area contributed by atoms with E-state index in [0.29, 0.717) is 0 Å². The smallest absolute Gasteiger partial charge is 0.343 e. The molecule has 0 bridgehead atoms. The van der Waals surface area contributed by atoms with Gasteiger partial charge in [0, 0.05) is 62.4 Å². The quantitative estimate of drug-likeness (QED) is 0.167. The normalized spacial score (nSPS) is 16.4. The van der Waals surface area contributed by atoms with Crippen molar-refractivity contribution in [1.29, 1.82) is 0 Å². The largest absolute Gasteiger partial charge is 0.378 e. The fourth-order valence-corrected chi connectivity index (χ4v) is 11.4. The van der Waals surface area contributed by atoms with Crippen molar-refractivity contribution in [3.8, 4) is 16.8 Å². The molecular weight excluding hydrogens is 649 g/mol. The molecule has 0 amide bonds. The molecule has 3 nitrogen and oxygen atoms in total. The second-order valence-electron chi connectivity index (χ2n) is 17.1. The van der Waals surface area contributed by atoms with Crippen LogP contribution < -0.4 is 20.0 Å². The first-order chi connectivity index (χ1) is 25.0. The van der Waals surface area contributed by atoms with Crippen LogP contribution in [-0.4, -0.2) is 25.5 Å². The number of rotatable bonds is 2. The Balaban J connectivity index is 1.34. The second-order valence-corrected chi connectivity index (χ2v) is 18.2. The summed E-state index contributed by atoms with van der Waals surface area (Å²) < 4.78 is 5.53. The van der Waals surface area contributed by atoms with Gasteiger partial charge in [-0.1, -0.05) is 76.2 Å². The van der Waals surface area contributed by atoms with Crippen molar-refractivity contribution in [2.75, 3.05) is 23.8 Å². The average Bonchev–Trinajstić information content (AvgIpc) is 3.67. The Hall–Kier alpha value is -5.00. The minimum Gasteiger partial charge on any atom is -0.378 e. The van der Waals surface area contributed by atoms with Crippen molar-refractivity contribution in [3.63, 3.8) is 0 Å². The zero-order valence-electron chi connectivity index (χ0n) is 31.1. The van der Waals surface area contributed by atoms with E-state index in [-0.39, 0.29) is 17.7 Å². The summed E-state index contributed by atoms with van der Waals surface area (Å²) in [5.41, 5.74) is 16.5. The number of fused-ring (bicyclic) bond motifs is 12. The maximum Gasteiger partial charge on any atom is 0.343 e. The number of anilines is 3. The molecule has 8 aromatic rings. The highest BCUT2D eigenvalue weighted by Crippen LogP contribution is 2.51. The highest BCUT2D eigenvalue weighted by molar-refractivity contribution is 7.32. The molecule has 1 aliphatic carbocycles. The van der Waals surface area contributed by atoms with E-state index in [2.05, 4.69) is 166 Å². The third kappa shape index (κ3) is 3.87. The summed E-state index contributed by atoms with van der Waals surface area (Å²) in [5, 5.41) is 6.71. The Kier molecular flexibility index (Phi) is 5.95. The van der Waals surface area contributed by atoms with Crippen LogP contribution in [0.3, 0.4) is 0 Å². The van der Waals surface area contributed by atoms with E-state index in [0.717, 1.165) is 0 Å². The van der Waals surface area contributed by atoms with Gasteiger partial charge in [-0.3, -0.25) is 0 Å². The zero-order valence-corrected chi connectivity index (χ0v) is 31.9. The lowest BCUT2D eigenvalue weighted by atomic mass is 9.47. The molecule has 4 heterocycles. The van der Waals surface area contributed by atoms with E-state index in [9.17, 15) is 0 Å². The molecule has 0 saturated carbocycles. The number of aromatic nitrogens is 1. The van der Waals surface area contributed by atoms with Crippen LogP contribution in [0.25, 0.3) is 59.5 Å². The molecule has 2 aliphatic heterocycles. The number of para-hydroxylation sites is 1. The maximum absolute atomic E-state index is 2.70. The summed E-state index contributed by atoms with van der Waals surface area (Å²) >= 11 is 2.03. The van der Waals surface area contributed by atoms with E-state index in [4.69, 9.17) is 0 Å². The van der Waals surface area contributed by atoms with Gasteiger partial charge < -0.3 is 14.3 Å². The van der Waals surface area contributed by atoms with Crippen LogP contribution in [0, 0.1) is 6.92 Å². The zero-order chi connectivity index (χ0) is 35.4. The van der Waals surface area contributed by atoms with Crippen LogP contribution in [-0.2, 0) is 10.8 Å². The number of hydrogen-bond acceptors (Lipinski definition) is 3. The molecule has 0 radical (unpaired) electrons. The van der Waals surface area contributed by atoms with Gasteiger partial charge in [0.2, 0.25) is 0 Å². The van der Waals surface area contributed by atoms with Crippen LogP contribution >= 0.6 is 11.3 Å². The molecule has 3 aliphatic rings. The molecule has 0 atom stereocenters. The van der Waals surface area contributed by atoms with Crippen molar-refractivity contribution in [2.45, 2.75) is 58.3 Å². The number of nitrogens with zero attached hydrogens (tertiary/aromatic N) is 3. The molecule has 0 saturated heterocycles. The van der Waals surface area contributed by atoms with Gasteiger partial charge in [0.05, 0.1) is 16.7 Å². The average molecular weight is 692 g/mol.